The van der Waals surface area contributed by atoms with Gasteiger partial charge in [0.25, 0.3) is 0 Å². The molecule has 120 valence electrons. The van der Waals surface area contributed by atoms with Gasteiger partial charge in [0, 0.05) is 36.4 Å². The van der Waals surface area contributed by atoms with E-state index in [2.05, 4.69) is 44.8 Å². The van der Waals surface area contributed by atoms with Gasteiger partial charge in [0.15, 0.2) is 0 Å². The molecule has 0 saturated heterocycles. The number of unbranched alkanes of at least 4 members (excludes halogenated alkanes) is 2. The normalized spacial score (nSPS) is 11.4. The third-order valence-corrected chi connectivity index (χ3v) is 3.72. The molecule has 0 unspecified atom stereocenters. The van der Waals surface area contributed by atoms with Crippen molar-refractivity contribution in [3.8, 4) is 0 Å². The van der Waals surface area contributed by atoms with Crippen LogP contribution in [0.5, 0.6) is 0 Å². The Bertz CT molecular complexity index is 416. The van der Waals surface area contributed by atoms with Gasteiger partial charge < -0.3 is 10.2 Å². The van der Waals surface area contributed by atoms with Crippen molar-refractivity contribution in [3.05, 3.63) is 29.6 Å². The van der Waals surface area contributed by atoms with Crippen molar-refractivity contribution in [2.75, 3.05) is 11.4 Å². The minimum absolute atomic E-state index is 0.109. The summed E-state index contributed by atoms with van der Waals surface area (Å²) in [5.74, 6) is -0.109. The SMILES string of the molecule is CCCCCN(c1cccc(F)c1CNC(C)C)C(C)C. The van der Waals surface area contributed by atoms with E-state index in [0.29, 0.717) is 18.6 Å². The summed E-state index contributed by atoms with van der Waals surface area (Å²) in [6.07, 6.45) is 3.58. The van der Waals surface area contributed by atoms with E-state index in [1.165, 1.54) is 12.8 Å². The molecule has 1 aromatic carbocycles. The smallest absolute Gasteiger partial charge is 0.129 e. The zero-order chi connectivity index (χ0) is 15.8. The average molecular weight is 294 g/mol. The number of hydrogen-bond acceptors (Lipinski definition) is 2. The Kier molecular flexibility index (Phi) is 7.73. The van der Waals surface area contributed by atoms with Crippen LogP contribution in [-0.2, 0) is 6.54 Å². The van der Waals surface area contributed by atoms with Gasteiger partial charge in [0.1, 0.15) is 5.82 Å². The molecule has 2 nitrogen and oxygen atoms in total. The van der Waals surface area contributed by atoms with E-state index < -0.39 is 0 Å². The molecule has 0 aliphatic heterocycles. The molecule has 0 aliphatic carbocycles. The lowest BCUT2D eigenvalue weighted by Gasteiger charge is -2.31. The fraction of sp³-hybridized carbons (Fsp3) is 0.667. The topological polar surface area (TPSA) is 15.3 Å². The third-order valence-electron chi connectivity index (χ3n) is 3.72. The monoisotopic (exact) mass is 294 g/mol. The summed E-state index contributed by atoms with van der Waals surface area (Å²) >= 11 is 0. The molecule has 0 fully saturated rings. The lowest BCUT2D eigenvalue weighted by molar-refractivity contribution is 0.547. The molecule has 1 rings (SSSR count). The van der Waals surface area contributed by atoms with Gasteiger partial charge in [-0.2, -0.15) is 0 Å². The second kappa shape index (κ2) is 9.04. The lowest BCUT2D eigenvalue weighted by atomic mass is 10.1. The van der Waals surface area contributed by atoms with E-state index in [9.17, 15) is 4.39 Å². The number of nitrogens with zero attached hydrogens (tertiary/aromatic N) is 1. The number of rotatable bonds is 9. The highest BCUT2D eigenvalue weighted by molar-refractivity contribution is 5.55. The van der Waals surface area contributed by atoms with E-state index in [-0.39, 0.29) is 5.82 Å². The molecule has 1 N–H and O–H groups in total. The summed E-state index contributed by atoms with van der Waals surface area (Å²) in [6.45, 7) is 12.3. The van der Waals surface area contributed by atoms with E-state index in [4.69, 9.17) is 0 Å². The van der Waals surface area contributed by atoms with Crippen LogP contribution in [-0.4, -0.2) is 18.6 Å². The van der Waals surface area contributed by atoms with Gasteiger partial charge in [-0.25, -0.2) is 4.39 Å². The van der Waals surface area contributed by atoms with Crippen LogP contribution in [0.1, 0.15) is 59.4 Å². The molecule has 1 aromatic rings. The number of halogens is 1. The first-order valence-corrected chi connectivity index (χ1v) is 8.24. The van der Waals surface area contributed by atoms with Crippen molar-refractivity contribution < 1.29 is 4.39 Å². The highest BCUT2D eigenvalue weighted by Crippen LogP contribution is 2.26. The van der Waals surface area contributed by atoms with Gasteiger partial charge >= 0.3 is 0 Å². The number of hydrogen-bond donors (Lipinski definition) is 1. The van der Waals surface area contributed by atoms with Gasteiger partial charge in [0.2, 0.25) is 0 Å². The second-order valence-electron chi connectivity index (χ2n) is 6.27. The molecular weight excluding hydrogens is 263 g/mol. The fourth-order valence-electron chi connectivity index (χ4n) is 2.49. The molecule has 0 saturated carbocycles. The molecule has 0 atom stereocenters. The van der Waals surface area contributed by atoms with Crippen LogP contribution in [0.2, 0.25) is 0 Å². The Labute approximate surface area is 129 Å². The molecule has 0 aromatic heterocycles. The lowest BCUT2D eigenvalue weighted by Crippen LogP contribution is -2.34. The molecule has 21 heavy (non-hydrogen) atoms. The molecule has 0 radical (unpaired) electrons. The Morgan fingerprint density at radius 1 is 1.14 bits per heavy atom. The van der Waals surface area contributed by atoms with E-state index in [1.54, 1.807) is 6.07 Å². The first-order valence-electron chi connectivity index (χ1n) is 8.24. The molecule has 0 spiro atoms. The zero-order valence-corrected chi connectivity index (χ0v) is 14.2. The van der Waals surface area contributed by atoms with Crippen LogP contribution >= 0.6 is 0 Å². The van der Waals surface area contributed by atoms with Crippen molar-refractivity contribution in [1.82, 2.24) is 5.32 Å². The highest BCUT2D eigenvalue weighted by Gasteiger charge is 2.17. The third kappa shape index (κ3) is 5.66. The summed E-state index contributed by atoms with van der Waals surface area (Å²) in [7, 11) is 0. The van der Waals surface area contributed by atoms with Gasteiger partial charge in [-0.05, 0) is 32.4 Å². The molecule has 0 bridgehead atoms. The Hall–Kier alpha value is -1.09. The number of anilines is 1. The molecule has 0 heterocycles. The van der Waals surface area contributed by atoms with E-state index >= 15 is 0 Å². The summed E-state index contributed by atoms with van der Waals surface area (Å²) in [4.78, 5) is 2.33. The molecule has 0 amide bonds. The van der Waals surface area contributed by atoms with Crippen LogP contribution in [0.25, 0.3) is 0 Å². The number of nitrogens with one attached hydrogen (secondary N) is 1. The van der Waals surface area contributed by atoms with Crippen molar-refractivity contribution in [2.45, 2.75) is 72.5 Å². The van der Waals surface area contributed by atoms with E-state index in [0.717, 1.165) is 24.2 Å². The van der Waals surface area contributed by atoms with Gasteiger partial charge in [0.05, 0.1) is 0 Å². The Morgan fingerprint density at radius 2 is 1.86 bits per heavy atom. The highest BCUT2D eigenvalue weighted by atomic mass is 19.1. The standard InChI is InChI=1S/C18H31FN2/c1-6-7-8-12-21(15(4)5)18-11-9-10-17(19)16(18)13-20-14(2)3/h9-11,14-15,20H,6-8,12-13H2,1-5H3. The minimum atomic E-state index is -0.109. The molecule has 0 aliphatic rings. The van der Waals surface area contributed by atoms with Gasteiger partial charge in [-0.15, -0.1) is 0 Å². The Morgan fingerprint density at radius 3 is 2.43 bits per heavy atom. The number of benzene rings is 1. The van der Waals surface area contributed by atoms with E-state index in [1.807, 2.05) is 12.1 Å². The van der Waals surface area contributed by atoms with Crippen LogP contribution in [0, 0.1) is 5.82 Å². The summed E-state index contributed by atoms with van der Waals surface area (Å²) in [5.41, 5.74) is 1.82. The fourth-order valence-corrected chi connectivity index (χ4v) is 2.49. The first kappa shape index (κ1) is 18.0. The largest absolute Gasteiger partial charge is 0.369 e. The van der Waals surface area contributed by atoms with Gasteiger partial charge in [-0.3, -0.25) is 0 Å². The summed E-state index contributed by atoms with van der Waals surface area (Å²) < 4.78 is 14.2. The minimum Gasteiger partial charge on any atom is -0.369 e. The van der Waals surface area contributed by atoms with Crippen molar-refractivity contribution in [1.29, 1.82) is 0 Å². The van der Waals surface area contributed by atoms with Crippen LogP contribution in [0.15, 0.2) is 18.2 Å². The van der Waals surface area contributed by atoms with Crippen molar-refractivity contribution >= 4 is 5.69 Å². The quantitative estimate of drug-likeness (QED) is 0.662. The Balaban J connectivity index is 2.97. The first-order chi connectivity index (χ1) is 9.97. The average Bonchev–Trinajstić information content (AvgIpc) is 2.41. The summed E-state index contributed by atoms with van der Waals surface area (Å²) in [5, 5.41) is 3.34. The maximum atomic E-state index is 14.2. The maximum absolute atomic E-state index is 14.2. The molecule has 3 heteroatoms. The predicted molar refractivity (Wildman–Crippen MR) is 90.4 cm³/mol. The van der Waals surface area contributed by atoms with Crippen LogP contribution in [0.3, 0.4) is 0 Å². The van der Waals surface area contributed by atoms with Crippen LogP contribution in [0.4, 0.5) is 10.1 Å². The second-order valence-corrected chi connectivity index (χ2v) is 6.27. The maximum Gasteiger partial charge on any atom is 0.129 e. The summed E-state index contributed by atoms with van der Waals surface area (Å²) in [6, 6.07) is 6.16. The van der Waals surface area contributed by atoms with Crippen molar-refractivity contribution in [3.63, 3.8) is 0 Å². The van der Waals surface area contributed by atoms with Crippen LogP contribution < -0.4 is 10.2 Å². The van der Waals surface area contributed by atoms with Crippen molar-refractivity contribution in [2.24, 2.45) is 0 Å². The van der Waals surface area contributed by atoms with Gasteiger partial charge in [-0.1, -0.05) is 39.7 Å². The molecular formula is C18H31FN2. The zero-order valence-electron chi connectivity index (χ0n) is 14.2. The predicted octanol–water partition coefficient (Wildman–Crippen LogP) is 4.73.